The monoisotopic (exact) mass is 308 g/mol. The van der Waals surface area contributed by atoms with Gasteiger partial charge in [0.05, 0.1) is 0 Å². The van der Waals surface area contributed by atoms with Crippen LogP contribution in [-0.4, -0.2) is 24.5 Å². The number of rotatable bonds is 6. The number of likely N-dealkylation sites (tertiary alicyclic amines) is 1. The lowest BCUT2D eigenvalue weighted by atomic mass is 9.82. The van der Waals surface area contributed by atoms with Gasteiger partial charge in [0.2, 0.25) is 0 Å². The zero-order chi connectivity index (χ0) is 15.5. The van der Waals surface area contributed by atoms with Crippen molar-refractivity contribution in [2.45, 2.75) is 60.5 Å². The zero-order valence-electron chi connectivity index (χ0n) is 14.5. The molecule has 120 valence electrons. The van der Waals surface area contributed by atoms with E-state index in [0.717, 1.165) is 25.6 Å². The Morgan fingerprint density at radius 3 is 2.57 bits per heavy atom. The third kappa shape index (κ3) is 5.39. The number of aryl methyl sites for hydroxylation is 1. The van der Waals surface area contributed by atoms with Gasteiger partial charge in [-0.3, -0.25) is 4.90 Å². The molecule has 1 saturated heterocycles. The van der Waals surface area contributed by atoms with Crippen LogP contribution in [0.25, 0.3) is 0 Å². The molecule has 0 unspecified atom stereocenters. The van der Waals surface area contributed by atoms with E-state index >= 15 is 0 Å². The standard InChI is InChI=1S/C18H32N2S/c1-14(2)11-19-12-17-10-16(15(3)21-17)13-20-8-6-18(4,5)7-9-20/h10,14,19H,6-9,11-13H2,1-5H3. The van der Waals surface area contributed by atoms with Crippen molar-refractivity contribution in [2.24, 2.45) is 11.3 Å². The van der Waals surface area contributed by atoms with E-state index in [9.17, 15) is 0 Å². The van der Waals surface area contributed by atoms with E-state index in [4.69, 9.17) is 0 Å². The summed E-state index contributed by atoms with van der Waals surface area (Å²) < 4.78 is 0. The van der Waals surface area contributed by atoms with Crippen LogP contribution in [0, 0.1) is 18.3 Å². The molecule has 2 heterocycles. The number of hydrogen-bond acceptors (Lipinski definition) is 3. The summed E-state index contributed by atoms with van der Waals surface area (Å²) >= 11 is 1.97. The fourth-order valence-corrected chi connectivity index (χ4v) is 3.90. The van der Waals surface area contributed by atoms with Gasteiger partial charge < -0.3 is 5.32 Å². The molecule has 0 radical (unpaired) electrons. The zero-order valence-corrected chi connectivity index (χ0v) is 15.3. The topological polar surface area (TPSA) is 15.3 Å². The van der Waals surface area contributed by atoms with Gasteiger partial charge in [0, 0.05) is 22.8 Å². The van der Waals surface area contributed by atoms with E-state index in [-0.39, 0.29) is 0 Å². The van der Waals surface area contributed by atoms with Crippen molar-refractivity contribution in [3.63, 3.8) is 0 Å². The highest BCUT2D eigenvalue weighted by Crippen LogP contribution is 2.31. The molecule has 1 aromatic heterocycles. The second kappa shape index (κ2) is 7.26. The molecular weight excluding hydrogens is 276 g/mol. The second-order valence-electron chi connectivity index (χ2n) is 7.76. The van der Waals surface area contributed by atoms with Gasteiger partial charge in [-0.25, -0.2) is 0 Å². The van der Waals surface area contributed by atoms with Crippen LogP contribution < -0.4 is 5.32 Å². The number of nitrogens with one attached hydrogen (secondary N) is 1. The fraction of sp³-hybridized carbons (Fsp3) is 0.778. The molecule has 0 amide bonds. The lowest BCUT2D eigenvalue weighted by molar-refractivity contribution is 0.127. The quantitative estimate of drug-likeness (QED) is 0.836. The van der Waals surface area contributed by atoms with Crippen molar-refractivity contribution in [2.75, 3.05) is 19.6 Å². The fourth-order valence-electron chi connectivity index (χ4n) is 2.87. The molecule has 0 aromatic carbocycles. The maximum Gasteiger partial charge on any atom is 0.0300 e. The Morgan fingerprint density at radius 2 is 1.95 bits per heavy atom. The summed E-state index contributed by atoms with van der Waals surface area (Å²) in [4.78, 5) is 5.62. The summed E-state index contributed by atoms with van der Waals surface area (Å²) in [6.45, 7) is 17.4. The SMILES string of the molecule is Cc1sc(CNCC(C)C)cc1CN1CCC(C)(C)CC1. The summed E-state index contributed by atoms with van der Waals surface area (Å²) in [5, 5.41) is 3.55. The van der Waals surface area contributed by atoms with Gasteiger partial charge >= 0.3 is 0 Å². The average Bonchev–Trinajstić information content (AvgIpc) is 2.72. The first-order chi connectivity index (χ1) is 9.85. The molecule has 2 rings (SSSR count). The first-order valence-electron chi connectivity index (χ1n) is 8.37. The highest BCUT2D eigenvalue weighted by molar-refractivity contribution is 7.12. The number of hydrogen-bond donors (Lipinski definition) is 1. The van der Waals surface area contributed by atoms with Gasteiger partial charge in [0.25, 0.3) is 0 Å². The van der Waals surface area contributed by atoms with Crippen LogP contribution in [0.1, 0.15) is 55.9 Å². The van der Waals surface area contributed by atoms with Gasteiger partial charge in [-0.15, -0.1) is 11.3 Å². The van der Waals surface area contributed by atoms with Crippen molar-refractivity contribution in [1.29, 1.82) is 0 Å². The third-order valence-electron chi connectivity index (χ3n) is 4.53. The molecule has 2 nitrogen and oxygen atoms in total. The number of nitrogens with zero attached hydrogens (tertiary/aromatic N) is 1. The number of piperidine rings is 1. The van der Waals surface area contributed by atoms with E-state index in [2.05, 4.69) is 50.9 Å². The third-order valence-corrected chi connectivity index (χ3v) is 5.62. The van der Waals surface area contributed by atoms with Crippen molar-refractivity contribution in [3.8, 4) is 0 Å². The molecule has 1 aromatic rings. The predicted octanol–water partition coefficient (Wildman–Crippen LogP) is 4.42. The van der Waals surface area contributed by atoms with Gasteiger partial charge in [-0.1, -0.05) is 27.7 Å². The molecule has 0 spiro atoms. The predicted molar refractivity (Wildman–Crippen MR) is 93.9 cm³/mol. The molecule has 3 heteroatoms. The molecule has 0 bridgehead atoms. The van der Waals surface area contributed by atoms with Crippen LogP contribution in [0.4, 0.5) is 0 Å². The molecule has 0 aliphatic carbocycles. The lowest BCUT2D eigenvalue weighted by Gasteiger charge is -2.36. The van der Waals surface area contributed by atoms with Crippen molar-refractivity contribution in [1.82, 2.24) is 10.2 Å². The van der Waals surface area contributed by atoms with Gasteiger partial charge in [-0.05, 0) is 62.4 Å². The molecule has 1 fully saturated rings. The molecular formula is C18H32N2S. The van der Waals surface area contributed by atoms with E-state index in [1.54, 1.807) is 5.56 Å². The van der Waals surface area contributed by atoms with E-state index in [1.807, 2.05) is 11.3 Å². The smallest absolute Gasteiger partial charge is 0.0300 e. The Labute approximate surface area is 134 Å². The average molecular weight is 309 g/mol. The Morgan fingerprint density at radius 1 is 1.29 bits per heavy atom. The summed E-state index contributed by atoms with van der Waals surface area (Å²) in [5.41, 5.74) is 2.09. The van der Waals surface area contributed by atoms with E-state index < -0.39 is 0 Å². The Bertz CT molecular complexity index is 438. The van der Waals surface area contributed by atoms with Gasteiger partial charge in [0.15, 0.2) is 0 Å². The Hall–Kier alpha value is -0.380. The summed E-state index contributed by atoms with van der Waals surface area (Å²) in [6, 6.07) is 2.42. The van der Waals surface area contributed by atoms with Gasteiger partial charge in [0.1, 0.15) is 0 Å². The highest BCUT2D eigenvalue weighted by Gasteiger charge is 2.25. The molecule has 21 heavy (non-hydrogen) atoms. The lowest BCUT2D eigenvalue weighted by Crippen LogP contribution is -2.36. The van der Waals surface area contributed by atoms with Crippen molar-refractivity contribution < 1.29 is 0 Å². The summed E-state index contributed by atoms with van der Waals surface area (Å²) in [6.07, 6.45) is 2.66. The first kappa shape index (κ1) is 17.0. The van der Waals surface area contributed by atoms with E-state index in [1.165, 1.54) is 35.7 Å². The first-order valence-corrected chi connectivity index (χ1v) is 9.19. The maximum absolute atomic E-state index is 3.55. The van der Waals surface area contributed by atoms with Crippen molar-refractivity contribution in [3.05, 3.63) is 21.4 Å². The minimum absolute atomic E-state index is 0.548. The highest BCUT2D eigenvalue weighted by atomic mass is 32.1. The van der Waals surface area contributed by atoms with Gasteiger partial charge in [-0.2, -0.15) is 0 Å². The number of thiophene rings is 1. The van der Waals surface area contributed by atoms with Crippen LogP contribution in [0.5, 0.6) is 0 Å². The molecule has 1 aliphatic heterocycles. The molecule has 0 atom stereocenters. The second-order valence-corrected chi connectivity index (χ2v) is 9.10. The maximum atomic E-state index is 3.55. The van der Waals surface area contributed by atoms with Crippen LogP contribution in [0.3, 0.4) is 0 Å². The molecule has 0 saturated carbocycles. The normalized spacial score (nSPS) is 19.3. The van der Waals surface area contributed by atoms with Crippen LogP contribution >= 0.6 is 11.3 Å². The van der Waals surface area contributed by atoms with Crippen LogP contribution in [0.15, 0.2) is 6.07 Å². The molecule has 1 N–H and O–H groups in total. The largest absolute Gasteiger partial charge is 0.312 e. The summed E-state index contributed by atoms with van der Waals surface area (Å²) in [5.74, 6) is 0.724. The Balaban J connectivity index is 1.85. The molecule has 1 aliphatic rings. The minimum Gasteiger partial charge on any atom is -0.312 e. The van der Waals surface area contributed by atoms with Crippen LogP contribution in [-0.2, 0) is 13.1 Å². The van der Waals surface area contributed by atoms with Crippen LogP contribution in [0.2, 0.25) is 0 Å². The summed E-state index contributed by atoms with van der Waals surface area (Å²) in [7, 11) is 0. The van der Waals surface area contributed by atoms with Crippen molar-refractivity contribution >= 4 is 11.3 Å². The van der Waals surface area contributed by atoms with E-state index in [0.29, 0.717) is 5.41 Å². The minimum atomic E-state index is 0.548. The Kier molecular flexibility index (Phi) is 5.87.